The van der Waals surface area contributed by atoms with Gasteiger partial charge in [0.25, 0.3) is 0 Å². The molecule has 0 N–H and O–H groups in total. The van der Waals surface area contributed by atoms with E-state index in [4.69, 9.17) is 0 Å². The standard InChI is InChI=1S/C37H52N2/c1-5-9-13-16-21-32-23-19-26-34(29-32)37(33-25-18-22-31(28-33)20-15-11-7-3)36(27-17-14-10-6-2)35(30-39-38)24-12-8-4/h17-19,22-23,25-29H,5-16,20-21,24H2,1-4H3. The second kappa shape index (κ2) is 20.0. The summed E-state index contributed by atoms with van der Waals surface area (Å²) < 4.78 is 0. The molecule has 0 fully saturated rings. The van der Waals surface area contributed by atoms with Crippen molar-refractivity contribution in [3.05, 3.63) is 99.6 Å². The molecule has 0 aliphatic carbocycles. The van der Waals surface area contributed by atoms with Crippen molar-refractivity contribution in [1.29, 1.82) is 0 Å². The molecule has 0 radical (unpaired) electrons. The summed E-state index contributed by atoms with van der Waals surface area (Å²) in [6.45, 7) is 8.97. The number of rotatable bonds is 19. The first-order valence-corrected chi connectivity index (χ1v) is 15.7. The highest BCUT2D eigenvalue weighted by atomic mass is 14.8. The molecule has 0 unspecified atom stereocenters. The zero-order chi connectivity index (χ0) is 28.1. The van der Waals surface area contributed by atoms with E-state index >= 15 is 0 Å². The van der Waals surface area contributed by atoms with Crippen LogP contribution in [0.4, 0.5) is 0 Å². The van der Waals surface area contributed by atoms with Gasteiger partial charge in [0.15, 0.2) is 0 Å². The van der Waals surface area contributed by atoms with E-state index in [0.717, 1.165) is 49.7 Å². The van der Waals surface area contributed by atoms with Crippen molar-refractivity contribution in [1.82, 2.24) is 0 Å². The van der Waals surface area contributed by atoms with Crippen LogP contribution in [0.5, 0.6) is 0 Å². The summed E-state index contributed by atoms with van der Waals surface area (Å²) >= 11 is 0. The van der Waals surface area contributed by atoms with E-state index in [0.29, 0.717) is 0 Å². The lowest BCUT2D eigenvalue weighted by molar-refractivity contribution is 0.00743. The molecular formula is C37H52N2. The summed E-state index contributed by atoms with van der Waals surface area (Å²) in [6, 6.07) is 18.2. The van der Waals surface area contributed by atoms with Crippen LogP contribution in [0.25, 0.3) is 11.1 Å². The van der Waals surface area contributed by atoms with Crippen LogP contribution < -0.4 is 0 Å². The molecule has 0 amide bonds. The monoisotopic (exact) mass is 524 g/mol. The molecule has 2 rings (SSSR count). The molecule has 2 aromatic rings. The van der Waals surface area contributed by atoms with E-state index in [1.807, 2.05) is 0 Å². The Morgan fingerprint density at radius 3 is 1.85 bits per heavy atom. The average molecular weight is 525 g/mol. The Morgan fingerprint density at radius 2 is 1.28 bits per heavy atom. The van der Waals surface area contributed by atoms with Crippen LogP contribution in [0.1, 0.15) is 133 Å². The largest absolute Gasteiger partial charge is 0.348 e. The van der Waals surface area contributed by atoms with Gasteiger partial charge in [0, 0.05) is 5.57 Å². The Morgan fingerprint density at radius 1 is 0.718 bits per heavy atom. The maximum atomic E-state index is 9.61. The van der Waals surface area contributed by atoms with Gasteiger partial charge in [0.05, 0.1) is 5.57 Å². The molecule has 0 saturated carbocycles. The highest BCUT2D eigenvalue weighted by Crippen LogP contribution is 2.34. The average Bonchev–Trinajstić information content (AvgIpc) is 2.96. The normalized spacial score (nSPS) is 11.8. The van der Waals surface area contributed by atoms with Gasteiger partial charge < -0.3 is 5.53 Å². The third-order valence-corrected chi connectivity index (χ3v) is 7.39. The van der Waals surface area contributed by atoms with Gasteiger partial charge in [0.2, 0.25) is 0 Å². The van der Waals surface area contributed by atoms with E-state index in [1.54, 1.807) is 0 Å². The van der Waals surface area contributed by atoms with E-state index < -0.39 is 0 Å². The second-order valence-corrected chi connectivity index (χ2v) is 10.8. The van der Waals surface area contributed by atoms with Crippen LogP contribution in [0.3, 0.4) is 0 Å². The molecular weight excluding hydrogens is 472 g/mol. The molecule has 0 heterocycles. The Labute approximate surface area is 239 Å². The zero-order valence-electron chi connectivity index (χ0n) is 25.3. The minimum atomic E-state index is 0.838. The van der Waals surface area contributed by atoms with E-state index in [1.165, 1.54) is 85.6 Å². The van der Waals surface area contributed by atoms with Gasteiger partial charge in [0.1, 0.15) is 0 Å². The predicted octanol–water partition coefficient (Wildman–Crippen LogP) is 11.1. The van der Waals surface area contributed by atoms with Gasteiger partial charge in [-0.05, 0) is 72.8 Å². The quantitative estimate of drug-likeness (QED) is 0.0576. The Balaban J connectivity index is 2.74. The number of unbranched alkanes of at least 4 members (excludes halogenated alkanes) is 8. The van der Waals surface area contributed by atoms with Crippen molar-refractivity contribution in [2.75, 3.05) is 0 Å². The summed E-state index contributed by atoms with van der Waals surface area (Å²) in [6.07, 6.45) is 21.9. The molecule has 2 heteroatoms. The third kappa shape index (κ3) is 11.8. The number of benzene rings is 2. The van der Waals surface area contributed by atoms with Crippen LogP contribution in [0.15, 0.2) is 71.8 Å². The van der Waals surface area contributed by atoms with Gasteiger partial charge in [-0.3, -0.25) is 0 Å². The molecule has 0 atom stereocenters. The van der Waals surface area contributed by atoms with Crippen LogP contribution in [-0.4, -0.2) is 10.7 Å². The maximum Gasteiger partial charge on any atom is 0.303 e. The summed E-state index contributed by atoms with van der Waals surface area (Å²) in [5.74, 6) is 2.99. The van der Waals surface area contributed by atoms with Crippen LogP contribution in [0.2, 0.25) is 0 Å². The van der Waals surface area contributed by atoms with Crippen LogP contribution in [-0.2, 0) is 12.8 Å². The fourth-order valence-electron chi connectivity index (χ4n) is 5.10. The number of hydrogen-bond acceptors (Lipinski definition) is 0. The van der Waals surface area contributed by atoms with E-state index in [9.17, 15) is 5.53 Å². The summed E-state index contributed by atoms with van der Waals surface area (Å²) in [5.41, 5.74) is 18.2. The Hall–Kier alpha value is -2.92. The van der Waals surface area contributed by atoms with E-state index in [-0.39, 0.29) is 0 Å². The summed E-state index contributed by atoms with van der Waals surface area (Å²) in [7, 11) is 0. The number of nitrogens with zero attached hydrogens (tertiary/aromatic N) is 2. The highest BCUT2D eigenvalue weighted by molar-refractivity contribution is 5.89. The summed E-state index contributed by atoms with van der Waals surface area (Å²) in [4.78, 5) is 3.41. The molecule has 2 nitrogen and oxygen atoms in total. The molecule has 0 aromatic heterocycles. The Bertz CT molecular complexity index is 1120. The van der Waals surface area contributed by atoms with Gasteiger partial charge >= 0.3 is 5.87 Å². The van der Waals surface area contributed by atoms with Crippen molar-refractivity contribution in [2.24, 2.45) is 0 Å². The highest BCUT2D eigenvalue weighted by Gasteiger charge is 2.17. The summed E-state index contributed by atoms with van der Waals surface area (Å²) in [5, 5.41) is 0. The molecule has 0 aliphatic rings. The maximum absolute atomic E-state index is 9.61. The fourth-order valence-corrected chi connectivity index (χ4v) is 5.10. The Kier molecular flexibility index (Phi) is 16.6. The molecule has 0 saturated heterocycles. The minimum Gasteiger partial charge on any atom is -0.348 e. The van der Waals surface area contributed by atoms with Crippen LogP contribution in [0, 0.1) is 0 Å². The number of aryl methyl sites for hydroxylation is 2. The third-order valence-electron chi connectivity index (χ3n) is 7.39. The van der Waals surface area contributed by atoms with Gasteiger partial charge in [-0.1, -0.05) is 140 Å². The first kappa shape index (κ1) is 32.3. The predicted molar refractivity (Wildman–Crippen MR) is 170 cm³/mol. The SMILES string of the molecule is CCCCC=CC(C(=C=[N+]=[N-])CCCC)=C(c1cccc(CCCCC)c1)c1cccc(CCCCCC)c1. The van der Waals surface area contributed by atoms with Gasteiger partial charge in [-0.15, -0.1) is 4.79 Å². The lowest BCUT2D eigenvalue weighted by atomic mass is 9.86. The lowest BCUT2D eigenvalue weighted by Crippen LogP contribution is -2.00. The van der Waals surface area contributed by atoms with Crippen LogP contribution >= 0.6 is 0 Å². The van der Waals surface area contributed by atoms with Crippen molar-refractivity contribution < 1.29 is 4.79 Å². The second-order valence-electron chi connectivity index (χ2n) is 10.8. The molecule has 0 bridgehead atoms. The first-order valence-electron chi connectivity index (χ1n) is 15.7. The molecule has 210 valence electrons. The van der Waals surface area contributed by atoms with Crippen molar-refractivity contribution in [3.63, 3.8) is 0 Å². The van der Waals surface area contributed by atoms with Crippen molar-refractivity contribution >= 4 is 11.4 Å². The number of hydrogen-bond donors (Lipinski definition) is 0. The van der Waals surface area contributed by atoms with Gasteiger partial charge in [-0.25, -0.2) is 0 Å². The van der Waals surface area contributed by atoms with Crippen molar-refractivity contribution in [3.8, 4) is 0 Å². The first-order chi connectivity index (χ1) is 19.2. The molecule has 0 aliphatic heterocycles. The zero-order valence-corrected chi connectivity index (χ0v) is 25.3. The molecule has 39 heavy (non-hydrogen) atoms. The van der Waals surface area contributed by atoms with Gasteiger partial charge in [-0.2, -0.15) is 0 Å². The molecule has 0 spiro atoms. The smallest absolute Gasteiger partial charge is 0.303 e. The number of allylic oxidation sites excluding steroid dienone is 4. The van der Waals surface area contributed by atoms with Crippen molar-refractivity contribution in [2.45, 2.75) is 124 Å². The molecule has 2 aromatic carbocycles. The fraction of sp³-hybridized carbons (Fsp3) is 0.514. The minimum absolute atomic E-state index is 0.838. The lowest BCUT2D eigenvalue weighted by Gasteiger charge is -2.17. The topological polar surface area (TPSA) is 36.4 Å². The van der Waals surface area contributed by atoms with E-state index in [2.05, 4.69) is 99.0 Å².